The normalized spacial score (nSPS) is 16.2. The summed E-state index contributed by atoms with van der Waals surface area (Å²) < 4.78 is 12.6. The summed E-state index contributed by atoms with van der Waals surface area (Å²) in [6.45, 7) is 3.34. The van der Waals surface area contributed by atoms with E-state index in [0.29, 0.717) is 12.4 Å². The van der Waals surface area contributed by atoms with Crippen LogP contribution in [-0.2, 0) is 14.2 Å². The van der Waals surface area contributed by atoms with Crippen LogP contribution in [0.25, 0.3) is 0 Å². The van der Waals surface area contributed by atoms with E-state index < -0.39 is 9.41 Å². The van der Waals surface area contributed by atoms with Crippen LogP contribution in [0.4, 0.5) is 0 Å². The highest BCUT2D eigenvalue weighted by molar-refractivity contribution is 8.01. The molecule has 0 aliphatic heterocycles. The zero-order chi connectivity index (χ0) is 8.74. The van der Waals surface area contributed by atoms with Gasteiger partial charge in [0.1, 0.15) is 0 Å². The van der Waals surface area contributed by atoms with Gasteiger partial charge in [0.25, 0.3) is 0 Å². The van der Waals surface area contributed by atoms with E-state index >= 15 is 0 Å². The van der Waals surface area contributed by atoms with E-state index in [-0.39, 0.29) is 5.94 Å². The van der Waals surface area contributed by atoms with Crippen molar-refractivity contribution in [3.05, 3.63) is 0 Å². The van der Waals surface area contributed by atoms with Crippen LogP contribution in [0.5, 0.6) is 0 Å². The molecule has 0 aromatic rings. The van der Waals surface area contributed by atoms with E-state index in [1.54, 1.807) is 0 Å². The van der Waals surface area contributed by atoms with Crippen molar-refractivity contribution in [2.45, 2.75) is 13.3 Å². The second-order valence-electron chi connectivity index (χ2n) is 2.43. The van der Waals surface area contributed by atoms with Gasteiger partial charge in [0, 0.05) is 19.0 Å². The van der Waals surface area contributed by atoms with Crippen LogP contribution in [-0.4, -0.2) is 35.9 Å². The van der Waals surface area contributed by atoms with Crippen molar-refractivity contribution in [1.29, 1.82) is 4.78 Å². The number of nitrogens with one attached hydrogen (secondary N) is 1. The monoisotopic (exact) mass is 179 g/mol. The van der Waals surface area contributed by atoms with Gasteiger partial charge in [0.15, 0.2) is 0 Å². The highest BCUT2D eigenvalue weighted by Gasteiger charge is 1.96. The van der Waals surface area contributed by atoms with Gasteiger partial charge in [-0.2, -0.15) is 0 Å². The molecule has 1 atom stereocenters. The molecule has 4 heteroatoms. The fourth-order valence-corrected chi connectivity index (χ4v) is 1.45. The number of rotatable bonds is 6. The molecule has 0 aromatic carbocycles. The number of aliphatic hydroxyl groups excluding tert-OH is 1. The molecule has 0 saturated heterocycles. The van der Waals surface area contributed by atoms with Crippen molar-refractivity contribution >= 4 is 15.3 Å². The lowest BCUT2D eigenvalue weighted by atomic mass is 10.5. The highest BCUT2D eigenvalue weighted by Crippen LogP contribution is 1.93. The molecule has 0 aliphatic rings. The molecular formula is C7H17NO2S. The van der Waals surface area contributed by atoms with E-state index in [2.05, 4.69) is 5.87 Å². The minimum absolute atomic E-state index is 0.0981. The van der Waals surface area contributed by atoms with Gasteiger partial charge in [-0.1, -0.05) is 5.87 Å². The van der Waals surface area contributed by atoms with Gasteiger partial charge in [0.05, 0.1) is 5.94 Å². The van der Waals surface area contributed by atoms with E-state index in [0.717, 1.165) is 13.0 Å². The Balaban J connectivity index is 3.39. The van der Waals surface area contributed by atoms with Crippen LogP contribution in [0.3, 0.4) is 0 Å². The maximum Gasteiger partial charge on any atom is 0.0928 e. The lowest BCUT2D eigenvalue weighted by Crippen LogP contribution is -2.10. The van der Waals surface area contributed by atoms with Crippen LogP contribution in [0.2, 0.25) is 0 Å². The van der Waals surface area contributed by atoms with Gasteiger partial charge < -0.3 is 9.84 Å². The minimum Gasteiger partial charge on any atom is -0.385 e. The van der Waals surface area contributed by atoms with E-state index in [1.165, 1.54) is 0 Å². The zero-order valence-corrected chi connectivity index (χ0v) is 7.82. The molecule has 0 fully saturated rings. The van der Waals surface area contributed by atoms with Crippen LogP contribution in [0, 0.1) is 4.78 Å². The van der Waals surface area contributed by atoms with Crippen molar-refractivity contribution in [3.8, 4) is 0 Å². The third-order valence-electron chi connectivity index (χ3n) is 1.27. The first-order valence-corrected chi connectivity index (χ1v) is 5.81. The highest BCUT2D eigenvalue weighted by atomic mass is 32.2. The van der Waals surface area contributed by atoms with Gasteiger partial charge >= 0.3 is 0 Å². The van der Waals surface area contributed by atoms with Crippen LogP contribution in [0.15, 0.2) is 0 Å². The molecule has 0 bridgehead atoms. The summed E-state index contributed by atoms with van der Waals surface area (Å²) in [5.74, 6) is 4.20. The van der Waals surface area contributed by atoms with Gasteiger partial charge in [0.2, 0.25) is 0 Å². The van der Waals surface area contributed by atoms with E-state index in [9.17, 15) is 0 Å². The Kier molecular flexibility index (Phi) is 5.54. The summed E-state index contributed by atoms with van der Waals surface area (Å²) >= 11 is 0. The van der Waals surface area contributed by atoms with Crippen molar-refractivity contribution in [3.63, 3.8) is 0 Å². The number of ether oxygens (including phenoxy) is 1. The van der Waals surface area contributed by atoms with Crippen molar-refractivity contribution in [2.75, 3.05) is 24.9 Å². The Bertz CT molecular complexity index is 175. The van der Waals surface area contributed by atoms with Crippen LogP contribution in [0.1, 0.15) is 13.3 Å². The summed E-state index contributed by atoms with van der Waals surface area (Å²) in [7, 11) is -1.72. The minimum atomic E-state index is -1.72. The van der Waals surface area contributed by atoms with Crippen LogP contribution >= 0.6 is 0 Å². The summed E-state index contributed by atoms with van der Waals surface area (Å²) in [6, 6.07) is 0. The molecule has 0 rings (SSSR count). The number of hydrogen-bond donors (Lipinski definition) is 2. The Morgan fingerprint density at radius 1 is 1.64 bits per heavy atom. The largest absolute Gasteiger partial charge is 0.385 e. The summed E-state index contributed by atoms with van der Waals surface area (Å²) in [5.41, 5.74) is 0. The fraction of sp³-hybridized carbons (Fsp3) is 0.857. The van der Waals surface area contributed by atoms with Crippen LogP contribution < -0.4 is 0 Å². The van der Waals surface area contributed by atoms with Gasteiger partial charge in [-0.25, -0.2) is 0 Å². The third-order valence-corrected chi connectivity index (χ3v) is 2.84. The first-order chi connectivity index (χ1) is 5.12. The molecule has 0 saturated carbocycles. The number of aliphatic hydroxyl groups is 1. The molecular weight excluding hydrogens is 162 g/mol. The molecule has 2 N–H and O–H groups in total. The molecule has 0 aromatic heterocycles. The smallest absolute Gasteiger partial charge is 0.0928 e. The topological polar surface area (TPSA) is 53.3 Å². The third kappa shape index (κ3) is 6.34. The van der Waals surface area contributed by atoms with Gasteiger partial charge in [-0.15, -0.1) is 9.41 Å². The lowest BCUT2D eigenvalue weighted by molar-refractivity contribution is 0.149. The SMILES string of the molecule is C=S(=N)(CO)CCCOCC. The summed E-state index contributed by atoms with van der Waals surface area (Å²) in [5, 5.41) is 8.70. The molecule has 1 unspecified atom stereocenters. The predicted molar refractivity (Wildman–Crippen MR) is 50.3 cm³/mol. The first-order valence-electron chi connectivity index (χ1n) is 3.67. The molecule has 3 nitrogen and oxygen atoms in total. The maximum absolute atomic E-state index is 8.70. The molecule has 11 heavy (non-hydrogen) atoms. The van der Waals surface area contributed by atoms with Gasteiger partial charge in [-0.3, -0.25) is 4.78 Å². The molecule has 0 aliphatic carbocycles. The molecule has 0 amide bonds. The summed E-state index contributed by atoms with van der Waals surface area (Å²) in [4.78, 5) is 0. The quantitative estimate of drug-likeness (QED) is 0.466. The van der Waals surface area contributed by atoms with Crippen molar-refractivity contribution < 1.29 is 9.84 Å². The Labute approximate surface area is 68.8 Å². The van der Waals surface area contributed by atoms with E-state index in [4.69, 9.17) is 14.6 Å². The van der Waals surface area contributed by atoms with Gasteiger partial charge in [-0.05, 0) is 13.3 Å². The second kappa shape index (κ2) is 5.57. The maximum atomic E-state index is 8.70. The van der Waals surface area contributed by atoms with Crippen molar-refractivity contribution in [2.24, 2.45) is 0 Å². The lowest BCUT2D eigenvalue weighted by Gasteiger charge is -2.07. The Hall–Kier alpha value is -0.0600. The van der Waals surface area contributed by atoms with E-state index in [1.807, 2.05) is 6.92 Å². The Morgan fingerprint density at radius 3 is 2.73 bits per heavy atom. The molecule has 68 valence electrons. The van der Waals surface area contributed by atoms with Crippen molar-refractivity contribution in [1.82, 2.24) is 0 Å². The first kappa shape index (κ1) is 10.9. The molecule has 0 heterocycles. The molecule has 0 spiro atoms. The standard InChI is InChI=1S/C7H17NO2S/c1-3-10-5-4-6-11(2,8)7-9/h8-9H,2-7H2,1H3. The average molecular weight is 179 g/mol. The Morgan fingerprint density at radius 2 is 2.27 bits per heavy atom. The molecule has 0 radical (unpaired) electrons. The number of hydrogen-bond acceptors (Lipinski definition) is 3. The fourth-order valence-electron chi connectivity index (χ4n) is 0.646. The summed E-state index contributed by atoms with van der Waals surface area (Å²) in [6.07, 6.45) is 0.830. The average Bonchev–Trinajstić information content (AvgIpc) is 1.99. The predicted octanol–water partition coefficient (Wildman–Crippen LogP) is 0.711. The second-order valence-corrected chi connectivity index (χ2v) is 5.19. The zero-order valence-electron chi connectivity index (χ0n) is 7.01.